The van der Waals surface area contributed by atoms with Gasteiger partial charge >= 0.3 is 0 Å². The second kappa shape index (κ2) is 5.89. The number of nitrogens with one attached hydrogen (secondary N) is 1. The number of guanidine groups is 1. The summed E-state index contributed by atoms with van der Waals surface area (Å²) in [6.45, 7) is 0.504. The van der Waals surface area contributed by atoms with Crippen LogP contribution in [-0.2, 0) is 6.42 Å². The van der Waals surface area contributed by atoms with Crippen molar-refractivity contribution in [3.63, 3.8) is 0 Å². The molecule has 5 heteroatoms. The van der Waals surface area contributed by atoms with Crippen LogP contribution in [0.5, 0.6) is 0 Å². The van der Waals surface area contributed by atoms with E-state index < -0.39 is 0 Å². The smallest absolute Gasteiger partial charge is 0.202 e. The second-order valence-electron chi connectivity index (χ2n) is 2.85. The molecule has 1 aromatic carbocycles. The maximum absolute atomic E-state index is 8.25. The monoisotopic (exact) mass is 222 g/mol. The van der Waals surface area contributed by atoms with E-state index in [1.807, 2.05) is 24.3 Å². The third-order valence-electron chi connectivity index (χ3n) is 1.81. The lowest BCUT2D eigenvalue weighted by Gasteiger charge is -2.01. The van der Waals surface area contributed by atoms with Crippen molar-refractivity contribution in [3.8, 4) is 6.19 Å². The van der Waals surface area contributed by atoms with Gasteiger partial charge in [-0.05, 0) is 18.1 Å². The summed E-state index contributed by atoms with van der Waals surface area (Å²) in [5.41, 5.74) is 6.39. The molecule has 15 heavy (non-hydrogen) atoms. The summed E-state index contributed by atoms with van der Waals surface area (Å²) in [6, 6.07) is 7.56. The average molecular weight is 223 g/mol. The molecular weight excluding hydrogens is 212 g/mol. The summed E-state index contributed by atoms with van der Waals surface area (Å²) >= 11 is 5.95. The zero-order chi connectivity index (χ0) is 11.1. The van der Waals surface area contributed by atoms with E-state index >= 15 is 0 Å². The van der Waals surface area contributed by atoms with Crippen LogP contribution >= 0.6 is 11.6 Å². The second-order valence-corrected chi connectivity index (χ2v) is 3.25. The van der Waals surface area contributed by atoms with Gasteiger partial charge in [-0.1, -0.05) is 29.8 Å². The largest absolute Gasteiger partial charge is 0.369 e. The molecule has 0 amide bonds. The highest BCUT2D eigenvalue weighted by Gasteiger charge is 1.97. The van der Waals surface area contributed by atoms with Crippen molar-refractivity contribution >= 4 is 17.6 Å². The van der Waals surface area contributed by atoms with Gasteiger partial charge in [0.25, 0.3) is 0 Å². The number of halogens is 1. The summed E-state index contributed by atoms with van der Waals surface area (Å²) in [5.74, 6) is 0.129. The van der Waals surface area contributed by atoms with E-state index in [0.29, 0.717) is 13.0 Å². The average Bonchev–Trinajstić information content (AvgIpc) is 2.21. The van der Waals surface area contributed by atoms with E-state index in [2.05, 4.69) is 10.3 Å². The number of nitrogens with two attached hydrogens (primary N) is 1. The van der Waals surface area contributed by atoms with Gasteiger partial charge in [-0.25, -0.2) is 0 Å². The van der Waals surface area contributed by atoms with Crippen LogP contribution in [0.3, 0.4) is 0 Å². The Labute approximate surface area is 93.4 Å². The van der Waals surface area contributed by atoms with Gasteiger partial charge in [-0.15, -0.1) is 0 Å². The summed E-state index contributed by atoms with van der Waals surface area (Å²) < 4.78 is 0. The van der Waals surface area contributed by atoms with Crippen LogP contribution in [0.25, 0.3) is 0 Å². The molecule has 4 nitrogen and oxygen atoms in total. The number of hydrogen-bond donors (Lipinski definition) is 2. The van der Waals surface area contributed by atoms with Crippen molar-refractivity contribution in [2.24, 2.45) is 10.7 Å². The zero-order valence-corrected chi connectivity index (χ0v) is 8.83. The van der Waals surface area contributed by atoms with Crippen LogP contribution < -0.4 is 11.1 Å². The van der Waals surface area contributed by atoms with Crippen molar-refractivity contribution in [1.29, 1.82) is 5.26 Å². The molecule has 0 heterocycles. The molecule has 0 unspecified atom stereocenters. The van der Waals surface area contributed by atoms with Gasteiger partial charge < -0.3 is 5.73 Å². The van der Waals surface area contributed by atoms with Crippen LogP contribution in [-0.4, -0.2) is 12.5 Å². The Hall–Kier alpha value is -1.73. The number of nitrogens with zero attached hydrogens (tertiary/aromatic N) is 2. The fraction of sp³-hybridized carbons (Fsp3) is 0.200. The lowest BCUT2D eigenvalue weighted by molar-refractivity contribution is 0.954. The predicted molar refractivity (Wildman–Crippen MR) is 60.4 cm³/mol. The molecule has 1 rings (SSSR count). The Morgan fingerprint density at radius 3 is 2.93 bits per heavy atom. The first-order valence-electron chi connectivity index (χ1n) is 4.42. The van der Waals surface area contributed by atoms with Crippen LogP contribution in [0.2, 0.25) is 5.02 Å². The first-order chi connectivity index (χ1) is 7.24. The number of benzene rings is 1. The third-order valence-corrected chi connectivity index (χ3v) is 2.17. The Morgan fingerprint density at radius 1 is 1.53 bits per heavy atom. The minimum atomic E-state index is 0.129. The Bertz CT molecular complexity index is 395. The van der Waals surface area contributed by atoms with E-state index in [4.69, 9.17) is 22.6 Å². The lowest BCUT2D eigenvalue weighted by atomic mass is 10.1. The van der Waals surface area contributed by atoms with Gasteiger partial charge in [-0.2, -0.15) is 5.26 Å². The number of aliphatic imine (C=N–C) groups is 1. The molecule has 0 saturated carbocycles. The van der Waals surface area contributed by atoms with E-state index in [0.717, 1.165) is 10.6 Å². The highest BCUT2D eigenvalue weighted by molar-refractivity contribution is 6.31. The van der Waals surface area contributed by atoms with Gasteiger partial charge in [0.15, 0.2) is 6.19 Å². The number of rotatable bonds is 3. The molecule has 0 radical (unpaired) electrons. The SMILES string of the molecule is N#CNC(N)=NCCc1ccccc1Cl. The molecule has 1 aromatic rings. The van der Waals surface area contributed by atoms with Crippen molar-refractivity contribution < 1.29 is 0 Å². The van der Waals surface area contributed by atoms with Crippen molar-refractivity contribution in [3.05, 3.63) is 34.9 Å². The van der Waals surface area contributed by atoms with Gasteiger partial charge in [0.1, 0.15) is 0 Å². The quantitative estimate of drug-likeness (QED) is 0.350. The molecule has 0 aliphatic rings. The minimum absolute atomic E-state index is 0.129. The Balaban J connectivity index is 2.48. The molecule has 0 aliphatic carbocycles. The molecule has 0 bridgehead atoms. The minimum Gasteiger partial charge on any atom is -0.369 e. The number of nitriles is 1. The maximum Gasteiger partial charge on any atom is 0.202 e. The van der Waals surface area contributed by atoms with E-state index in [1.165, 1.54) is 0 Å². The molecule has 0 atom stereocenters. The summed E-state index contributed by atoms with van der Waals surface area (Å²) in [4.78, 5) is 3.95. The van der Waals surface area contributed by atoms with E-state index in [-0.39, 0.29) is 5.96 Å². The molecule has 0 spiro atoms. The molecule has 0 aromatic heterocycles. The van der Waals surface area contributed by atoms with E-state index in [1.54, 1.807) is 6.19 Å². The predicted octanol–water partition coefficient (Wildman–Crippen LogP) is 1.27. The maximum atomic E-state index is 8.25. The fourth-order valence-corrected chi connectivity index (χ4v) is 1.32. The van der Waals surface area contributed by atoms with Crippen molar-refractivity contribution in [2.45, 2.75) is 6.42 Å². The molecular formula is C10H11ClN4. The molecule has 3 N–H and O–H groups in total. The molecule has 0 fully saturated rings. The third kappa shape index (κ3) is 3.88. The summed E-state index contributed by atoms with van der Waals surface area (Å²) in [7, 11) is 0. The van der Waals surface area contributed by atoms with E-state index in [9.17, 15) is 0 Å². The summed E-state index contributed by atoms with van der Waals surface area (Å²) in [6.07, 6.45) is 2.40. The molecule has 0 aliphatic heterocycles. The summed E-state index contributed by atoms with van der Waals surface area (Å²) in [5, 5.41) is 11.2. The van der Waals surface area contributed by atoms with Crippen LogP contribution in [0.4, 0.5) is 0 Å². The van der Waals surface area contributed by atoms with Crippen LogP contribution in [0.15, 0.2) is 29.3 Å². The normalized spacial score (nSPS) is 10.8. The topological polar surface area (TPSA) is 74.2 Å². The van der Waals surface area contributed by atoms with Gasteiger partial charge in [0, 0.05) is 11.6 Å². The van der Waals surface area contributed by atoms with Crippen molar-refractivity contribution in [2.75, 3.05) is 6.54 Å². The number of hydrogen-bond acceptors (Lipinski definition) is 2. The highest BCUT2D eigenvalue weighted by atomic mass is 35.5. The fourth-order valence-electron chi connectivity index (χ4n) is 1.09. The molecule has 0 saturated heterocycles. The Kier molecular flexibility index (Phi) is 4.45. The first-order valence-corrected chi connectivity index (χ1v) is 4.80. The molecule has 78 valence electrons. The van der Waals surface area contributed by atoms with Gasteiger partial charge in [-0.3, -0.25) is 10.3 Å². The first kappa shape index (κ1) is 11.3. The van der Waals surface area contributed by atoms with Crippen LogP contribution in [0.1, 0.15) is 5.56 Å². The van der Waals surface area contributed by atoms with Gasteiger partial charge in [0.05, 0.1) is 0 Å². The van der Waals surface area contributed by atoms with Gasteiger partial charge in [0.2, 0.25) is 5.96 Å². The lowest BCUT2D eigenvalue weighted by Crippen LogP contribution is -2.27. The van der Waals surface area contributed by atoms with Crippen LogP contribution in [0, 0.1) is 11.5 Å². The Morgan fingerprint density at radius 2 is 2.27 bits per heavy atom. The van der Waals surface area contributed by atoms with Crippen molar-refractivity contribution in [1.82, 2.24) is 5.32 Å². The standard InChI is InChI=1S/C10H11ClN4/c11-9-4-2-1-3-8(9)5-6-14-10(13)15-7-12/h1-4H,5-6H2,(H3,13,14,15). The highest BCUT2D eigenvalue weighted by Crippen LogP contribution is 2.15. The zero-order valence-electron chi connectivity index (χ0n) is 8.07.